The lowest BCUT2D eigenvalue weighted by Gasteiger charge is -2.12. The summed E-state index contributed by atoms with van der Waals surface area (Å²) in [6, 6.07) is 0. The van der Waals surface area contributed by atoms with Gasteiger partial charge < -0.3 is 9.84 Å². The van der Waals surface area contributed by atoms with Crippen LogP contribution in [0.4, 0.5) is 0 Å². The van der Waals surface area contributed by atoms with E-state index in [9.17, 15) is 9.59 Å². The Morgan fingerprint density at radius 1 is 1.36 bits per heavy atom. The van der Waals surface area contributed by atoms with Gasteiger partial charge in [-0.05, 0) is 18.6 Å². The first-order valence-corrected chi connectivity index (χ1v) is 5.70. The van der Waals surface area contributed by atoms with Gasteiger partial charge >= 0.3 is 11.9 Å². The number of carboxylic acids is 1. The summed E-state index contributed by atoms with van der Waals surface area (Å²) < 4.78 is 4.78. The van der Waals surface area contributed by atoms with Gasteiger partial charge in [0.1, 0.15) is 0 Å². The van der Waals surface area contributed by atoms with Crippen molar-refractivity contribution in [3.63, 3.8) is 0 Å². The first-order chi connectivity index (χ1) is 6.61. The van der Waals surface area contributed by atoms with Crippen LogP contribution in [0.2, 0.25) is 0 Å². The molecule has 0 radical (unpaired) electrons. The number of carbonyl (C=O) groups is 2. The molecule has 1 unspecified atom stereocenters. The van der Waals surface area contributed by atoms with Crippen LogP contribution in [0.1, 0.15) is 33.1 Å². The average Bonchev–Trinajstić information content (AvgIpc) is 2.12. The molecule has 0 heterocycles. The van der Waals surface area contributed by atoms with Gasteiger partial charge in [0, 0.05) is 6.42 Å². The molecule has 0 aromatic rings. The summed E-state index contributed by atoms with van der Waals surface area (Å²) in [6.07, 6.45) is 1.81. The summed E-state index contributed by atoms with van der Waals surface area (Å²) in [6.45, 7) is 3.79. The molecule has 0 saturated heterocycles. The van der Waals surface area contributed by atoms with Crippen LogP contribution in [0.3, 0.4) is 0 Å². The van der Waals surface area contributed by atoms with Gasteiger partial charge in [0.2, 0.25) is 5.44 Å². The van der Waals surface area contributed by atoms with Crippen LogP contribution in [-0.2, 0) is 14.3 Å². The van der Waals surface area contributed by atoms with Crippen molar-refractivity contribution < 1.29 is 19.4 Å². The van der Waals surface area contributed by atoms with Crippen LogP contribution in [-0.4, -0.2) is 28.2 Å². The SMILES string of the molecule is CCCSC(OC(=O)CCC)C(=O)O. The smallest absolute Gasteiger partial charge is 0.355 e. The zero-order valence-electron chi connectivity index (χ0n) is 8.49. The molecule has 82 valence electrons. The van der Waals surface area contributed by atoms with Gasteiger partial charge in [0.25, 0.3) is 0 Å². The van der Waals surface area contributed by atoms with Gasteiger partial charge in [-0.2, -0.15) is 0 Å². The fraction of sp³-hybridized carbons (Fsp3) is 0.778. The molecule has 0 spiro atoms. The third-order valence-electron chi connectivity index (χ3n) is 1.37. The normalized spacial score (nSPS) is 12.1. The zero-order valence-corrected chi connectivity index (χ0v) is 9.30. The van der Waals surface area contributed by atoms with E-state index >= 15 is 0 Å². The van der Waals surface area contributed by atoms with E-state index in [-0.39, 0.29) is 6.42 Å². The molecule has 0 bridgehead atoms. The van der Waals surface area contributed by atoms with Crippen molar-refractivity contribution in [3.8, 4) is 0 Å². The number of carbonyl (C=O) groups excluding carboxylic acids is 1. The Morgan fingerprint density at radius 3 is 2.43 bits per heavy atom. The maximum atomic E-state index is 11.0. The molecule has 0 aliphatic heterocycles. The molecule has 4 nitrogen and oxygen atoms in total. The second kappa shape index (κ2) is 7.67. The van der Waals surface area contributed by atoms with Gasteiger partial charge in [-0.1, -0.05) is 13.8 Å². The van der Waals surface area contributed by atoms with E-state index in [4.69, 9.17) is 9.84 Å². The average molecular weight is 220 g/mol. The van der Waals surface area contributed by atoms with Crippen molar-refractivity contribution in [2.45, 2.75) is 38.5 Å². The van der Waals surface area contributed by atoms with Crippen molar-refractivity contribution in [1.82, 2.24) is 0 Å². The molecule has 0 aromatic heterocycles. The van der Waals surface area contributed by atoms with E-state index in [2.05, 4.69) is 0 Å². The summed E-state index contributed by atoms with van der Waals surface area (Å²) in [5, 5.41) is 8.72. The summed E-state index contributed by atoms with van der Waals surface area (Å²) in [5.74, 6) is -0.854. The third-order valence-corrected chi connectivity index (χ3v) is 2.61. The maximum absolute atomic E-state index is 11.0. The number of aliphatic carboxylic acids is 1. The highest BCUT2D eigenvalue weighted by Crippen LogP contribution is 2.14. The molecule has 0 saturated carbocycles. The van der Waals surface area contributed by atoms with E-state index in [1.54, 1.807) is 0 Å². The molecule has 14 heavy (non-hydrogen) atoms. The minimum Gasteiger partial charge on any atom is -0.478 e. The number of esters is 1. The van der Waals surface area contributed by atoms with E-state index in [0.29, 0.717) is 12.2 Å². The van der Waals surface area contributed by atoms with Crippen molar-refractivity contribution in [2.24, 2.45) is 0 Å². The molecule has 0 rings (SSSR count). The molecular formula is C9H16O4S. The summed E-state index contributed by atoms with van der Waals surface area (Å²) in [4.78, 5) is 21.7. The lowest BCUT2D eigenvalue weighted by molar-refractivity contribution is -0.157. The van der Waals surface area contributed by atoms with Gasteiger partial charge in [0.15, 0.2) is 0 Å². The Morgan fingerprint density at radius 2 is 2.00 bits per heavy atom. The fourth-order valence-electron chi connectivity index (χ4n) is 0.763. The Labute approximate surface area is 88.0 Å². The van der Waals surface area contributed by atoms with Crippen LogP contribution in [0, 0.1) is 0 Å². The zero-order chi connectivity index (χ0) is 11.0. The number of hydrogen-bond donors (Lipinski definition) is 1. The minimum atomic E-state index is -1.09. The molecule has 1 N–H and O–H groups in total. The quantitative estimate of drug-likeness (QED) is 0.524. The van der Waals surface area contributed by atoms with Gasteiger partial charge in [0.05, 0.1) is 0 Å². The Kier molecular flexibility index (Phi) is 7.28. The van der Waals surface area contributed by atoms with Crippen LogP contribution in [0.25, 0.3) is 0 Å². The minimum absolute atomic E-state index is 0.274. The predicted molar refractivity (Wildman–Crippen MR) is 55.2 cm³/mol. The second-order valence-corrected chi connectivity index (χ2v) is 3.95. The Bertz CT molecular complexity index is 193. The fourth-order valence-corrected chi connectivity index (χ4v) is 1.53. The predicted octanol–water partition coefficient (Wildman–Crippen LogP) is 1.88. The van der Waals surface area contributed by atoms with Crippen LogP contribution >= 0.6 is 11.8 Å². The number of rotatable bonds is 7. The first-order valence-electron chi connectivity index (χ1n) is 4.65. The third kappa shape index (κ3) is 5.85. The van der Waals surface area contributed by atoms with Crippen LogP contribution in [0.5, 0.6) is 0 Å². The molecule has 0 aromatic carbocycles. The lowest BCUT2D eigenvalue weighted by Crippen LogP contribution is -2.24. The van der Waals surface area contributed by atoms with Crippen molar-refractivity contribution in [3.05, 3.63) is 0 Å². The van der Waals surface area contributed by atoms with Crippen molar-refractivity contribution in [2.75, 3.05) is 5.75 Å². The Balaban J connectivity index is 3.95. The summed E-state index contributed by atoms with van der Waals surface area (Å²) in [7, 11) is 0. The monoisotopic (exact) mass is 220 g/mol. The Hall–Kier alpha value is -0.710. The topological polar surface area (TPSA) is 63.6 Å². The molecule has 0 fully saturated rings. The highest BCUT2D eigenvalue weighted by Gasteiger charge is 2.21. The van der Waals surface area contributed by atoms with Gasteiger partial charge in [-0.25, -0.2) is 4.79 Å². The first kappa shape index (κ1) is 13.3. The molecule has 0 aliphatic rings. The number of carboxylic acid groups (broad SMARTS) is 1. The molecule has 0 aliphatic carbocycles. The summed E-state index contributed by atoms with van der Waals surface area (Å²) >= 11 is 1.14. The van der Waals surface area contributed by atoms with Gasteiger partial charge in [-0.3, -0.25) is 4.79 Å². The number of thioether (sulfide) groups is 1. The standard InChI is InChI=1S/C9H16O4S/c1-3-5-7(10)13-9(8(11)12)14-6-4-2/h9H,3-6H2,1-2H3,(H,11,12). The van der Waals surface area contributed by atoms with Crippen molar-refractivity contribution in [1.29, 1.82) is 0 Å². The van der Waals surface area contributed by atoms with E-state index in [0.717, 1.165) is 18.2 Å². The van der Waals surface area contributed by atoms with E-state index < -0.39 is 17.4 Å². The van der Waals surface area contributed by atoms with Crippen LogP contribution in [0.15, 0.2) is 0 Å². The molecule has 1 atom stereocenters. The van der Waals surface area contributed by atoms with E-state index in [1.165, 1.54) is 0 Å². The highest BCUT2D eigenvalue weighted by atomic mass is 32.2. The highest BCUT2D eigenvalue weighted by molar-refractivity contribution is 8.00. The largest absolute Gasteiger partial charge is 0.478 e. The summed E-state index contributed by atoms with van der Waals surface area (Å²) in [5.41, 5.74) is -1.05. The van der Waals surface area contributed by atoms with Gasteiger partial charge in [-0.15, -0.1) is 11.8 Å². The number of hydrogen-bond acceptors (Lipinski definition) is 4. The molecule has 0 amide bonds. The second-order valence-electron chi connectivity index (χ2n) is 2.78. The van der Waals surface area contributed by atoms with Crippen molar-refractivity contribution >= 4 is 23.7 Å². The molecular weight excluding hydrogens is 204 g/mol. The van der Waals surface area contributed by atoms with Crippen LogP contribution < -0.4 is 0 Å². The maximum Gasteiger partial charge on any atom is 0.355 e. The number of ether oxygens (including phenoxy) is 1. The molecule has 5 heteroatoms. The lowest BCUT2D eigenvalue weighted by atomic mass is 10.3. The van der Waals surface area contributed by atoms with E-state index in [1.807, 2.05) is 13.8 Å².